The highest BCUT2D eigenvalue weighted by molar-refractivity contribution is 6.31. The van der Waals surface area contributed by atoms with Crippen molar-refractivity contribution >= 4 is 17.5 Å². The Morgan fingerprint density at radius 3 is 2.49 bits per heavy atom. The van der Waals surface area contributed by atoms with Gasteiger partial charge in [-0.3, -0.25) is 9.59 Å². The summed E-state index contributed by atoms with van der Waals surface area (Å²) in [6.45, 7) is 0.259. The zero-order valence-electron chi connectivity index (χ0n) is 21.7. The molecule has 0 spiro atoms. The van der Waals surface area contributed by atoms with Crippen molar-refractivity contribution in [2.24, 2.45) is 0 Å². The number of nitrogens with one attached hydrogen (secondary N) is 1. The van der Waals surface area contributed by atoms with Gasteiger partial charge in [0.1, 0.15) is 5.82 Å². The maximum absolute atomic E-state index is 13.3. The zero-order chi connectivity index (χ0) is 28.9. The number of aromatic amines is 1. The van der Waals surface area contributed by atoms with Gasteiger partial charge in [-0.05, 0) is 59.4 Å². The summed E-state index contributed by atoms with van der Waals surface area (Å²) in [5, 5.41) is 10.9. The highest BCUT2D eigenvalue weighted by Crippen LogP contribution is 2.52. The summed E-state index contributed by atoms with van der Waals surface area (Å²) >= 11 is 5.94. The number of carbonyl (C=O) groups excluding carboxylic acids is 1. The van der Waals surface area contributed by atoms with Gasteiger partial charge in [-0.15, -0.1) is 0 Å². The summed E-state index contributed by atoms with van der Waals surface area (Å²) in [4.78, 5) is 35.6. The van der Waals surface area contributed by atoms with E-state index in [0.29, 0.717) is 29.1 Å². The molecule has 3 aromatic carbocycles. The second-order valence-electron chi connectivity index (χ2n) is 10.6. The van der Waals surface area contributed by atoms with Gasteiger partial charge in [0, 0.05) is 18.0 Å². The molecule has 210 valence electrons. The molecule has 0 unspecified atom stereocenters. The van der Waals surface area contributed by atoms with E-state index in [9.17, 15) is 27.9 Å². The molecule has 10 heteroatoms. The van der Waals surface area contributed by atoms with Crippen molar-refractivity contribution in [3.63, 3.8) is 0 Å². The number of rotatable bonds is 5. The number of hydrogen-bond donors (Lipinski definition) is 2. The number of aromatic nitrogens is 2. The summed E-state index contributed by atoms with van der Waals surface area (Å²) in [5.41, 5.74) is 1.43. The second kappa shape index (κ2) is 10.2. The fourth-order valence-electron chi connectivity index (χ4n) is 5.51. The molecule has 6 nitrogen and oxygen atoms in total. The molecule has 4 aromatic rings. The van der Waals surface area contributed by atoms with Gasteiger partial charge in [0.05, 0.1) is 28.8 Å². The summed E-state index contributed by atoms with van der Waals surface area (Å²) in [6, 6.07) is 19.3. The van der Waals surface area contributed by atoms with E-state index in [0.717, 1.165) is 30.5 Å². The first-order valence-corrected chi connectivity index (χ1v) is 13.6. The molecule has 1 aromatic heterocycles. The van der Waals surface area contributed by atoms with Crippen LogP contribution in [0.25, 0.3) is 11.1 Å². The molecule has 2 heterocycles. The SMILES string of the molecule is O=C([C@H](O)c1cccc(-c2cc(Cl)cc(C(F)(F)F)c2)c1)N1CCc2nc(C3(c4ccccc4)CC3)[nH]c(=O)c2C1. The number of fused-ring (bicyclic) bond motifs is 1. The van der Waals surface area contributed by atoms with Crippen LogP contribution in [-0.4, -0.2) is 32.4 Å². The molecule has 0 bridgehead atoms. The third-order valence-corrected chi connectivity index (χ3v) is 8.12. The van der Waals surface area contributed by atoms with Gasteiger partial charge < -0.3 is 15.0 Å². The molecule has 1 aliphatic carbocycles. The van der Waals surface area contributed by atoms with Crippen LogP contribution in [0.5, 0.6) is 0 Å². The van der Waals surface area contributed by atoms with Gasteiger partial charge in [-0.1, -0.05) is 60.1 Å². The molecule has 2 N–H and O–H groups in total. The van der Waals surface area contributed by atoms with E-state index in [4.69, 9.17) is 16.6 Å². The van der Waals surface area contributed by atoms with E-state index >= 15 is 0 Å². The van der Waals surface area contributed by atoms with E-state index in [1.54, 1.807) is 12.1 Å². The number of benzene rings is 3. The van der Waals surface area contributed by atoms with Crippen LogP contribution in [0.15, 0.2) is 77.6 Å². The number of halogens is 4. The van der Waals surface area contributed by atoms with Crippen molar-refractivity contribution in [2.45, 2.75) is 43.5 Å². The Hall–Kier alpha value is -3.95. The normalized spacial score (nSPS) is 16.7. The number of aliphatic hydroxyl groups is 1. The van der Waals surface area contributed by atoms with Crippen LogP contribution in [0.4, 0.5) is 13.2 Å². The number of aliphatic hydroxyl groups excluding tert-OH is 1. The molecule has 1 fully saturated rings. The Labute approximate surface area is 238 Å². The number of H-pyrrole nitrogens is 1. The van der Waals surface area contributed by atoms with E-state index < -0.39 is 23.8 Å². The van der Waals surface area contributed by atoms with E-state index in [-0.39, 0.29) is 40.2 Å². The summed E-state index contributed by atoms with van der Waals surface area (Å²) in [7, 11) is 0. The third-order valence-electron chi connectivity index (χ3n) is 7.90. The molecule has 0 radical (unpaired) electrons. The average molecular weight is 580 g/mol. The zero-order valence-corrected chi connectivity index (χ0v) is 22.5. The molecule has 1 atom stereocenters. The molecule has 1 saturated carbocycles. The van der Waals surface area contributed by atoms with Crippen molar-refractivity contribution in [3.05, 3.63) is 122 Å². The summed E-state index contributed by atoms with van der Waals surface area (Å²) in [5.74, 6) is 0.0278. The van der Waals surface area contributed by atoms with Crippen LogP contribution in [0.1, 0.15) is 52.7 Å². The van der Waals surface area contributed by atoms with Gasteiger partial charge in [-0.25, -0.2) is 4.98 Å². The molecule has 2 aliphatic rings. The lowest BCUT2D eigenvalue weighted by Crippen LogP contribution is -2.42. The topological polar surface area (TPSA) is 86.3 Å². The largest absolute Gasteiger partial charge is 0.416 e. The Balaban J connectivity index is 1.23. The lowest BCUT2D eigenvalue weighted by atomic mass is 9.94. The number of amides is 1. The smallest absolute Gasteiger partial charge is 0.378 e. The number of hydrogen-bond acceptors (Lipinski definition) is 4. The van der Waals surface area contributed by atoms with Crippen LogP contribution >= 0.6 is 11.6 Å². The van der Waals surface area contributed by atoms with Crippen molar-refractivity contribution in [3.8, 4) is 11.1 Å². The highest BCUT2D eigenvalue weighted by Gasteiger charge is 2.48. The van der Waals surface area contributed by atoms with Gasteiger partial charge in [0.25, 0.3) is 11.5 Å². The minimum absolute atomic E-state index is 0.00486. The second-order valence-corrected chi connectivity index (χ2v) is 11.0. The Kier molecular flexibility index (Phi) is 6.74. The van der Waals surface area contributed by atoms with Gasteiger partial charge in [0.15, 0.2) is 6.10 Å². The van der Waals surface area contributed by atoms with Crippen LogP contribution in [0, 0.1) is 0 Å². The molecule has 1 aliphatic heterocycles. The maximum Gasteiger partial charge on any atom is 0.416 e. The van der Waals surface area contributed by atoms with Crippen LogP contribution < -0.4 is 5.56 Å². The Morgan fingerprint density at radius 2 is 1.78 bits per heavy atom. The molecule has 41 heavy (non-hydrogen) atoms. The van der Waals surface area contributed by atoms with Crippen LogP contribution in [0.2, 0.25) is 5.02 Å². The minimum Gasteiger partial charge on any atom is -0.378 e. The lowest BCUT2D eigenvalue weighted by Gasteiger charge is -2.30. The lowest BCUT2D eigenvalue weighted by molar-refractivity contribution is -0.141. The maximum atomic E-state index is 13.3. The Bertz CT molecular complexity index is 1700. The molecular formula is C31H25ClF3N3O3. The Morgan fingerprint density at radius 1 is 1.02 bits per heavy atom. The number of nitrogens with zero attached hydrogens (tertiary/aromatic N) is 2. The van der Waals surface area contributed by atoms with E-state index in [1.165, 1.54) is 23.1 Å². The predicted octanol–water partition coefficient (Wildman–Crippen LogP) is 5.81. The summed E-state index contributed by atoms with van der Waals surface area (Å²) < 4.78 is 39.9. The van der Waals surface area contributed by atoms with Gasteiger partial charge >= 0.3 is 6.18 Å². The third kappa shape index (κ3) is 5.15. The molecule has 0 saturated heterocycles. The first-order valence-electron chi connectivity index (χ1n) is 13.2. The molecular weight excluding hydrogens is 555 g/mol. The highest BCUT2D eigenvalue weighted by atomic mass is 35.5. The predicted molar refractivity (Wildman–Crippen MR) is 147 cm³/mol. The number of alkyl halides is 3. The van der Waals surface area contributed by atoms with Gasteiger partial charge in [0.2, 0.25) is 0 Å². The van der Waals surface area contributed by atoms with Crippen molar-refractivity contribution in [2.75, 3.05) is 6.54 Å². The van der Waals surface area contributed by atoms with E-state index in [2.05, 4.69) is 4.98 Å². The quantitative estimate of drug-likeness (QED) is 0.313. The van der Waals surface area contributed by atoms with E-state index in [1.807, 2.05) is 30.3 Å². The first kappa shape index (κ1) is 27.2. The van der Waals surface area contributed by atoms with Crippen molar-refractivity contribution in [1.29, 1.82) is 0 Å². The number of carbonyl (C=O) groups is 1. The van der Waals surface area contributed by atoms with Crippen molar-refractivity contribution < 1.29 is 23.1 Å². The standard InChI is InChI=1S/C31H25ClF3N3O3/c32-23-15-20(14-22(16-23)31(33,34)35)18-5-4-6-19(13-18)26(39)28(41)38-12-9-25-24(17-38)27(40)37-29(36-25)30(10-11-30)21-7-2-1-3-8-21/h1-8,13-16,26,39H,9-12,17H2,(H,36,37,40)/t26-/m1/s1. The minimum atomic E-state index is -4.58. The monoisotopic (exact) mass is 579 g/mol. The molecule has 6 rings (SSSR count). The van der Waals surface area contributed by atoms with Crippen LogP contribution in [-0.2, 0) is 29.4 Å². The molecule has 1 amide bonds. The summed E-state index contributed by atoms with van der Waals surface area (Å²) in [6.07, 6.45) is -4.01. The van der Waals surface area contributed by atoms with Gasteiger partial charge in [-0.2, -0.15) is 13.2 Å². The average Bonchev–Trinajstić information content (AvgIpc) is 3.78. The fourth-order valence-corrected chi connectivity index (χ4v) is 5.74. The van der Waals surface area contributed by atoms with Crippen LogP contribution in [0.3, 0.4) is 0 Å². The fraction of sp³-hybridized carbons (Fsp3) is 0.258. The first-order chi connectivity index (χ1) is 19.5. The van der Waals surface area contributed by atoms with Crippen molar-refractivity contribution in [1.82, 2.24) is 14.9 Å².